The van der Waals surface area contributed by atoms with Gasteiger partial charge in [0.1, 0.15) is 0 Å². The number of hydrogen-bond donors (Lipinski definition) is 1. The van der Waals surface area contributed by atoms with Crippen molar-refractivity contribution in [1.29, 1.82) is 0 Å². The molecule has 0 aliphatic rings. The minimum Gasteiger partial charge on any atom is -0.380 e. The van der Waals surface area contributed by atoms with Crippen molar-refractivity contribution in [1.82, 2.24) is 0 Å². The van der Waals surface area contributed by atoms with E-state index >= 15 is 0 Å². The second-order valence-corrected chi connectivity index (χ2v) is 6.66. The van der Waals surface area contributed by atoms with Gasteiger partial charge in [-0.2, -0.15) is 0 Å². The maximum Gasteiger partial charge on any atom is 0.0488 e. The van der Waals surface area contributed by atoms with Crippen molar-refractivity contribution in [2.24, 2.45) is 0 Å². The molecule has 5 heteroatoms. The summed E-state index contributed by atoms with van der Waals surface area (Å²) >= 11 is 17.8. The van der Waals surface area contributed by atoms with Crippen LogP contribution in [0.15, 0.2) is 40.9 Å². The van der Waals surface area contributed by atoms with E-state index < -0.39 is 0 Å². The number of halogens is 4. The van der Waals surface area contributed by atoms with Crippen molar-refractivity contribution in [3.63, 3.8) is 0 Å². The first-order chi connectivity index (χ1) is 8.56. The van der Waals surface area contributed by atoms with Gasteiger partial charge in [-0.15, -0.1) is 0 Å². The molecule has 18 heavy (non-hydrogen) atoms. The van der Waals surface area contributed by atoms with Crippen molar-refractivity contribution in [3.8, 4) is 0 Å². The van der Waals surface area contributed by atoms with E-state index in [0.29, 0.717) is 16.6 Å². The van der Waals surface area contributed by atoms with Gasteiger partial charge in [0.2, 0.25) is 0 Å². The zero-order valence-electron chi connectivity index (χ0n) is 9.18. The minimum absolute atomic E-state index is 0.652. The molecular formula is C13H9BrCl2IN. The van der Waals surface area contributed by atoms with Gasteiger partial charge in [-0.05, 0) is 74.4 Å². The van der Waals surface area contributed by atoms with Crippen LogP contribution in [0.2, 0.25) is 10.0 Å². The molecule has 1 nitrogen and oxygen atoms in total. The molecule has 0 aromatic heterocycles. The third-order valence-corrected chi connectivity index (χ3v) is 4.33. The summed E-state index contributed by atoms with van der Waals surface area (Å²) in [6.45, 7) is 0.662. The average molecular weight is 457 g/mol. The summed E-state index contributed by atoms with van der Waals surface area (Å²) in [5, 5.41) is 4.67. The lowest BCUT2D eigenvalue weighted by Gasteiger charge is -2.10. The lowest BCUT2D eigenvalue weighted by Crippen LogP contribution is -2.00. The SMILES string of the molecule is Clc1ccc(CNc2ccc(I)cc2Br)c(Cl)c1. The predicted octanol–water partition coefficient (Wildman–Crippen LogP) is 5.97. The maximum absolute atomic E-state index is 6.12. The Morgan fingerprint density at radius 1 is 1.11 bits per heavy atom. The summed E-state index contributed by atoms with van der Waals surface area (Å²) in [5.41, 5.74) is 2.06. The van der Waals surface area contributed by atoms with Gasteiger partial charge in [-0.25, -0.2) is 0 Å². The van der Waals surface area contributed by atoms with Crippen molar-refractivity contribution in [3.05, 3.63) is 60.0 Å². The van der Waals surface area contributed by atoms with E-state index in [2.05, 4.69) is 56.0 Å². The predicted molar refractivity (Wildman–Crippen MR) is 90.6 cm³/mol. The highest BCUT2D eigenvalue weighted by molar-refractivity contribution is 14.1. The summed E-state index contributed by atoms with van der Waals surface area (Å²) in [6.07, 6.45) is 0. The van der Waals surface area contributed by atoms with Crippen molar-refractivity contribution >= 4 is 67.4 Å². The van der Waals surface area contributed by atoms with E-state index in [-0.39, 0.29) is 0 Å². The summed E-state index contributed by atoms with van der Waals surface area (Å²) in [7, 11) is 0. The zero-order valence-corrected chi connectivity index (χ0v) is 14.4. The number of hydrogen-bond acceptors (Lipinski definition) is 1. The molecule has 0 aliphatic carbocycles. The Morgan fingerprint density at radius 2 is 1.89 bits per heavy atom. The third kappa shape index (κ3) is 3.76. The van der Waals surface area contributed by atoms with E-state index in [4.69, 9.17) is 23.2 Å². The Hall–Kier alpha value is 0.0300. The van der Waals surface area contributed by atoms with Crippen molar-refractivity contribution in [2.45, 2.75) is 6.54 Å². The van der Waals surface area contributed by atoms with Gasteiger partial charge in [0.05, 0.1) is 0 Å². The van der Waals surface area contributed by atoms with Gasteiger partial charge in [0, 0.05) is 30.3 Å². The Morgan fingerprint density at radius 3 is 2.56 bits per heavy atom. The molecule has 0 spiro atoms. The fraction of sp³-hybridized carbons (Fsp3) is 0.0769. The first kappa shape index (κ1) is 14.4. The number of nitrogens with one attached hydrogen (secondary N) is 1. The molecule has 1 N–H and O–H groups in total. The smallest absolute Gasteiger partial charge is 0.0488 e. The van der Waals surface area contributed by atoms with E-state index in [9.17, 15) is 0 Å². The van der Waals surface area contributed by atoms with Crippen LogP contribution in [0.5, 0.6) is 0 Å². The van der Waals surface area contributed by atoms with Gasteiger partial charge in [0.25, 0.3) is 0 Å². The van der Waals surface area contributed by atoms with E-state index in [1.165, 1.54) is 3.57 Å². The number of benzene rings is 2. The fourth-order valence-electron chi connectivity index (χ4n) is 1.49. The molecule has 0 radical (unpaired) electrons. The molecule has 2 aromatic rings. The molecule has 0 bridgehead atoms. The van der Waals surface area contributed by atoms with Crippen LogP contribution >= 0.6 is 61.7 Å². The molecule has 0 unspecified atom stereocenters. The van der Waals surface area contributed by atoms with Crippen molar-refractivity contribution in [2.75, 3.05) is 5.32 Å². The van der Waals surface area contributed by atoms with Crippen LogP contribution in [0, 0.1) is 3.57 Å². The highest BCUT2D eigenvalue weighted by atomic mass is 127. The first-order valence-electron chi connectivity index (χ1n) is 5.19. The van der Waals surface area contributed by atoms with Gasteiger partial charge >= 0.3 is 0 Å². The molecular weight excluding hydrogens is 448 g/mol. The van der Waals surface area contributed by atoms with Crippen LogP contribution < -0.4 is 5.32 Å². The third-order valence-electron chi connectivity index (χ3n) is 2.42. The van der Waals surface area contributed by atoms with E-state index in [1.807, 2.05) is 18.2 Å². The minimum atomic E-state index is 0.652. The van der Waals surface area contributed by atoms with Crippen molar-refractivity contribution < 1.29 is 0 Å². The lowest BCUT2D eigenvalue weighted by atomic mass is 10.2. The lowest BCUT2D eigenvalue weighted by molar-refractivity contribution is 1.15. The summed E-state index contributed by atoms with van der Waals surface area (Å²) in [5.74, 6) is 0. The van der Waals surface area contributed by atoms with E-state index in [1.54, 1.807) is 6.07 Å². The topological polar surface area (TPSA) is 12.0 Å². The molecule has 0 aliphatic heterocycles. The molecule has 0 saturated heterocycles. The number of anilines is 1. The Labute approximate surface area is 138 Å². The Kier molecular flexibility index (Phi) is 5.18. The summed E-state index contributed by atoms with van der Waals surface area (Å²) in [4.78, 5) is 0. The van der Waals surface area contributed by atoms with Gasteiger partial charge in [-0.1, -0.05) is 29.3 Å². The monoisotopic (exact) mass is 455 g/mol. The highest BCUT2D eigenvalue weighted by Crippen LogP contribution is 2.26. The summed E-state index contributed by atoms with van der Waals surface area (Å²) in [6, 6.07) is 11.7. The molecule has 2 aromatic carbocycles. The fourth-order valence-corrected chi connectivity index (χ4v) is 3.40. The first-order valence-corrected chi connectivity index (χ1v) is 7.82. The molecule has 0 fully saturated rings. The standard InChI is InChI=1S/C13H9BrCl2IN/c14-11-6-10(17)3-4-13(11)18-7-8-1-2-9(15)5-12(8)16/h1-6,18H,7H2. The van der Waals surface area contributed by atoms with Crippen LogP contribution in [0.1, 0.15) is 5.56 Å². The Balaban J connectivity index is 2.11. The van der Waals surface area contributed by atoms with E-state index in [0.717, 1.165) is 15.7 Å². The largest absolute Gasteiger partial charge is 0.380 e. The zero-order chi connectivity index (χ0) is 13.1. The van der Waals surface area contributed by atoms with Crippen LogP contribution in [-0.4, -0.2) is 0 Å². The second kappa shape index (κ2) is 6.46. The van der Waals surface area contributed by atoms with Gasteiger partial charge in [0.15, 0.2) is 0 Å². The number of rotatable bonds is 3. The van der Waals surface area contributed by atoms with Gasteiger partial charge in [-0.3, -0.25) is 0 Å². The maximum atomic E-state index is 6.12. The van der Waals surface area contributed by atoms with Crippen LogP contribution in [-0.2, 0) is 6.54 Å². The molecule has 0 heterocycles. The molecule has 0 atom stereocenters. The molecule has 0 saturated carbocycles. The quantitative estimate of drug-likeness (QED) is 0.561. The second-order valence-electron chi connectivity index (χ2n) is 3.71. The van der Waals surface area contributed by atoms with Crippen LogP contribution in [0.3, 0.4) is 0 Å². The summed E-state index contributed by atoms with van der Waals surface area (Å²) < 4.78 is 2.23. The van der Waals surface area contributed by atoms with Crippen LogP contribution in [0.25, 0.3) is 0 Å². The normalized spacial score (nSPS) is 10.4. The highest BCUT2D eigenvalue weighted by Gasteiger charge is 2.03. The Bertz CT molecular complexity index is 523. The van der Waals surface area contributed by atoms with Crippen LogP contribution in [0.4, 0.5) is 5.69 Å². The average Bonchev–Trinajstić information content (AvgIpc) is 2.30. The van der Waals surface area contributed by atoms with Gasteiger partial charge < -0.3 is 5.32 Å². The molecule has 0 amide bonds. The molecule has 2 rings (SSSR count). The molecule has 94 valence electrons.